The molecular weight excluding hydrogens is 245 g/mol. The monoisotopic (exact) mass is 254 g/mol. The predicted octanol–water partition coefficient (Wildman–Crippen LogP) is 1.38. The quantitative estimate of drug-likeness (QED) is 0.886. The number of halogens is 3. The largest absolute Gasteiger partial charge is 0.415 e. The van der Waals surface area contributed by atoms with Crippen LogP contribution in [0.1, 0.15) is 0 Å². The van der Waals surface area contributed by atoms with Crippen molar-refractivity contribution in [1.82, 2.24) is 0 Å². The average molecular weight is 254 g/mol. The zero-order chi connectivity index (χ0) is 12.4. The van der Waals surface area contributed by atoms with Crippen molar-refractivity contribution in [3.8, 4) is 0 Å². The lowest BCUT2D eigenvalue weighted by Crippen LogP contribution is -2.35. The van der Waals surface area contributed by atoms with E-state index in [1.807, 2.05) is 0 Å². The number of rotatable bonds is 3. The molecule has 3 nitrogen and oxygen atoms in total. The van der Waals surface area contributed by atoms with Crippen LogP contribution in [-0.4, -0.2) is 31.6 Å². The maximum atomic E-state index is 12.0. The summed E-state index contributed by atoms with van der Waals surface area (Å²) in [5.41, 5.74) is 0. The van der Waals surface area contributed by atoms with E-state index in [2.05, 4.69) is 0 Å². The fraction of sp³-hybridized carbons (Fsp3) is 0.333. The molecule has 1 aromatic rings. The second-order valence-corrected chi connectivity index (χ2v) is 5.19. The van der Waals surface area contributed by atoms with Crippen LogP contribution in [0.2, 0.25) is 0 Å². The van der Waals surface area contributed by atoms with Gasteiger partial charge in [0, 0.05) is 0 Å². The van der Waals surface area contributed by atoms with Gasteiger partial charge >= 0.3 is 6.18 Å². The van der Waals surface area contributed by atoms with E-state index in [9.17, 15) is 21.6 Å². The predicted molar refractivity (Wildman–Crippen MR) is 50.6 cm³/mol. The summed E-state index contributed by atoms with van der Waals surface area (Å²) in [6, 6.07) is 6.69. The highest BCUT2D eigenvalue weighted by Gasteiger charge is 2.41. The smallest absolute Gasteiger partial charge is 0.383 e. The standard InChI is InChI=1S/C9H9F3O3S/c10-9(11,12)8(13)6-16(14,15)7-4-2-1-3-5-7/h1-5,8,13H,6H2. The minimum absolute atomic E-state index is 0.238. The summed E-state index contributed by atoms with van der Waals surface area (Å²) >= 11 is 0. The number of alkyl halides is 3. The molecule has 1 rings (SSSR count). The lowest BCUT2D eigenvalue weighted by atomic mass is 10.4. The van der Waals surface area contributed by atoms with Crippen LogP contribution < -0.4 is 0 Å². The van der Waals surface area contributed by atoms with Crippen LogP contribution >= 0.6 is 0 Å². The molecule has 90 valence electrons. The lowest BCUT2D eigenvalue weighted by molar-refractivity contribution is -0.196. The summed E-state index contributed by atoms with van der Waals surface area (Å²) in [7, 11) is -4.11. The molecule has 0 aliphatic heterocycles. The third-order valence-corrected chi connectivity index (χ3v) is 3.60. The van der Waals surface area contributed by atoms with E-state index in [0.29, 0.717) is 0 Å². The minimum Gasteiger partial charge on any atom is -0.383 e. The van der Waals surface area contributed by atoms with Crippen LogP contribution in [0.5, 0.6) is 0 Å². The van der Waals surface area contributed by atoms with Crippen LogP contribution in [-0.2, 0) is 9.84 Å². The van der Waals surface area contributed by atoms with E-state index < -0.39 is 27.9 Å². The molecule has 0 radical (unpaired) electrons. The van der Waals surface area contributed by atoms with Crippen molar-refractivity contribution < 1.29 is 26.7 Å². The summed E-state index contributed by atoms with van der Waals surface area (Å²) in [6.45, 7) is 0. The van der Waals surface area contributed by atoms with Crippen molar-refractivity contribution >= 4 is 9.84 Å². The fourth-order valence-corrected chi connectivity index (χ4v) is 2.40. The Kier molecular flexibility index (Phi) is 3.59. The van der Waals surface area contributed by atoms with Gasteiger partial charge in [-0.25, -0.2) is 8.42 Å². The Balaban J connectivity index is 2.90. The number of benzene rings is 1. The van der Waals surface area contributed by atoms with Gasteiger partial charge in [-0.15, -0.1) is 0 Å². The molecule has 1 unspecified atom stereocenters. The van der Waals surface area contributed by atoms with Crippen LogP contribution in [0, 0.1) is 0 Å². The molecule has 16 heavy (non-hydrogen) atoms. The van der Waals surface area contributed by atoms with Crippen molar-refractivity contribution in [1.29, 1.82) is 0 Å². The van der Waals surface area contributed by atoms with E-state index in [1.54, 1.807) is 6.07 Å². The molecule has 0 aliphatic carbocycles. The van der Waals surface area contributed by atoms with Crippen molar-refractivity contribution in [2.45, 2.75) is 17.2 Å². The van der Waals surface area contributed by atoms with E-state index in [4.69, 9.17) is 5.11 Å². The first kappa shape index (κ1) is 13.0. The molecule has 0 bridgehead atoms. The number of sulfone groups is 1. The first-order valence-corrected chi connectivity index (χ1v) is 5.91. The van der Waals surface area contributed by atoms with Gasteiger partial charge in [0.2, 0.25) is 0 Å². The Hall–Kier alpha value is -1.08. The Morgan fingerprint density at radius 1 is 1.19 bits per heavy atom. The first-order chi connectivity index (χ1) is 7.23. The summed E-state index contributed by atoms with van der Waals surface area (Å²) in [5.74, 6) is -1.36. The molecule has 0 saturated carbocycles. The van der Waals surface area contributed by atoms with Gasteiger partial charge in [0.15, 0.2) is 15.9 Å². The molecule has 0 heterocycles. The maximum Gasteiger partial charge on any atom is 0.415 e. The number of hydrogen-bond acceptors (Lipinski definition) is 3. The van der Waals surface area contributed by atoms with Crippen molar-refractivity contribution in [2.24, 2.45) is 0 Å². The van der Waals surface area contributed by atoms with Crippen molar-refractivity contribution in [2.75, 3.05) is 5.75 Å². The number of hydrogen-bond donors (Lipinski definition) is 1. The molecule has 0 fully saturated rings. The molecule has 1 N–H and O–H groups in total. The van der Waals surface area contributed by atoms with Crippen LogP contribution in [0.25, 0.3) is 0 Å². The lowest BCUT2D eigenvalue weighted by Gasteiger charge is -2.14. The molecule has 0 aromatic heterocycles. The third-order valence-electron chi connectivity index (χ3n) is 1.86. The van der Waals surface area contributed by atoms with Gasteiger partial charge < -0.3 is 5.11 Å². The Morgan fingerprint density at radius 2 is 1.69 bits per heavy atom. The second kappa shape index (κ2) is 4.42. The maximum absolute atomic E-state index is 12.0. The SMILES string of the molecule is O=S(=O)(CC(O)C(F)(F)F)c1ccccc1. The molecular formula is C9H9F3O3S. The second-order valence-electron chi connectivity index (χ2n) is 3.15. The molecule has 7 heteroatoms. The summed E-state index contributed by atoms with van der Waals surface area (Å²) < 4.78 is 58.8. The molecule has 1 aromatic carbocycles. The Bertz CT molecular complexity index is 439. The molecule has 0 saturated heterocycles. The van der Waals surface area contributed by atoms with Gasteiger partial charge in [0.25, 0.3) is 0 Å². The Labute approximate surface area is 90.4 Å². The van der Waals surface area contributed by atoms with E-state index >= 15 is 0 Å². The summed E-state index contributed by atoms with van der Waals surface area (Å²) in [6.07, 6.45) is -7.79. The molecule has 0 aliphatic rings. The van der Waals surface area contributed by atoms with Crippen LogP contribution in [0.4, 0.5) is 13.2 Å². The first-order valence-electron chi connectivity index (χ1n) is 4.26. The highest BCUT2D eigenvalue weighted by atomic mass is 32.2. The Morgan fingerprint density at radius 3 is 2.12 bits per heavy atom. The minimum atomic E-state index is -4.93. The van der Waals surface area contributed by atoms with E-state index in [1.165, 1.54) is 24.3 Å². The van der Waals surface area contributed by atoms with Crippen LogP contribution in [0.15, 0.2) is 35.2 Å². The van der Waals surface area contributed by atoms with Gasteiger partial charge in [-0.05, 0) is 12.1 Å². The zero-order valence-electron chi connectivity index (χ0n) is 7.98. The number of aliphatic hydroxyl groups excluding tert-OH is 1. The van der Waals surface area contributed by atoms with Gasteiger partial charge in [0.05, 0.1) is 10.6 Å². The molecule has 0 amide bonds. The highest BCUT2D eigenvalue weighted by molar-refractivity contribution is 7.91. The van der Waals surface area contributed by atoms with Gasteiger partial charge in [-0.3, -0.25) is 0 Å². The summed E-state index contributed by atoms with van der Waals surface area (Å²) in [5, 5.41) is 8.68. The normalized spacial score (nSPS) is 14.8. The summed E-state index contributed by atoms with van der Waals surface area (Å²) in [4.78, 5) is -0.238. The highest BCUT2D eigenvalue weighted by Crippen LogP contribution is 2.23. The van der Waals surface area contributed by atoms with E-state index in [0.717, 1.165) is 0 Å². The van der Waals surface area contributed by atoms with Crippen molar-refractivity contribution in [3.63, 3.8) is 0 Å². The zero-order valence-corrected chi connectivity index (χ0v) is 8.79. The van der Waals surface area contributed by atoms with E-state index in [-0.39, 0.29) is 4.90 Å². The van der Waals surface area contributed by atoms with Crippen molar-refractivity contribution in [3.05, 3.63) is 30.3 Å². The van der Waals surface area contributed by atoms with Gasteiger partial charge in [0.1, 0.15) is 0 Å². The van der Waals surface area contributed by atoms with Gasteiger partial charge in [-0.2, -0.15) is 13.2 Å². The van der Waals surface area contributed by atoms with Gasteiger partial charge in [-0.1, -0.05) is 18.2 Å². The topological polar surface area (TPSA) is 54.4 Å². The third kappa shape index (κ3) is 3.21. The average Bonchev–Trinajstić information content (AvgIpc) is 2.17. The van der Waals surface area contributed by atoms with Crippen LogP contribution in [0.3, 0.4) is 0 Å². The molecule has 1 atom stereocenters. The fourth-order valence-electron chi connectivity index (χ4n) is 1.03. The molecule has 0 spiro atoms. The number of aliphatic hydroxyl groups is 1.